The standard InChI is InChI=1S/C14H28N2O3S/c1-13(12-20-3)14(17)16-6-4-15(5-7-16)8-9-19-11-10-18-2/h13H,4-12H2,1-3H3. The van der Waals surface area contributed by atoms with Gasteiger partial charge in [0.05, 0.1) is 19.8 Å². The van der Waals surface area contributed by atoms with Gasteiger partial charge in [-0.15, -0.1) is 0 Å². The SMILES string of the molecule is COCCOCCN1CCN(C(=O)C(C)CSC)CC1. The van der Waals surface area contributed by atoms with Crippen LogP contribution in [0.1, 0.15) is 6.92 Å². The van der Waals surface area contributed by atoms with Crippen molar-refractivity contribution < 1.29 is 14.3 Å². The van der Waals surface area contributed by atoms with Crippen LogP contribution >= 0.6 is 11.8 Å². The van der Waals surface area contributed by atoms with Gasteiger partial charge in [-0.1, -0.05) is 6.92 Å². The maximum Gasteiger partial charge on any atom is 0.226 e. The topological polar surface area (TPSA) is 42.0 Å². The van der Waals surface area contributed by atoms with E-state index >= 15 is 0 Å². The first-order valence-corrected chi connectivity index (χ1v) is 8.65. The Morgan fingerprint density at radius 1 is 1.20 bits per heavy atom. The first-order chi connectivity index (χ1) is 9.69. The molecule has 0 bridgehead atoms. The average Bonchev–Trinajstić information content (AvgIpc) is 2.47. The Balaban J connectivity index is 2.14. The molecule has 0 radical (unpaired) electrons. The molecule has 1 heterocycles. The predicted molar refractivity (Wildman–Crippen MR) is 83.3 cm³/mol. The molecule has 0 aromatic carbocycles. The Morgan fingerprint density at radius 2 is 1.90 bits per heavy atom. The lowest BCUT2D eigenvalue weighted by Gasteiger charge is -2.35. The molecule has 1 atom stereocenters. The summed E-state index contributed by atoms with van der Waals surface area (Å²) in [6, 6.07) is 0. The van der Waals surface area contributed by atoms with Crippen LogP contribution in [0, 0.1) is 5.92 Å². The molecule has 0 aliphatic carbocycles. The number of carbonyl (C=O) groups excluding carboxylic acids is 1. The third-order valence-corrected chi connectivity index (χ3v) is 4.34. The van der Waals surface area contributed by atoms with Crippen molar-refractivity contribution in [1.82, 2.24) is 9.80 Å². The number of ether oxygens (including phenoxy) is 2. The largest absolute Gasteiger partial charge is 0.382 e. The molecule has 118 valence electrons. The monoisotopic (exact) mass is 304 g/mol. The lowest BCUT2D eigenvalue weighted by atomic mass is 10.1. The summed E-state index contributed by atoms with van der Waals surface area (Å²) >= 11 is 1.74. The van der Waals surface area contributed by atoms with Gasteiger partial charge in [0, 0.05) is 51.5 Å². The van der Waals surface area contributed by atoms with Gasteiger partial charge in [0.25, 0.3) is 0 Å². The summed E-state index contributed by atoms with van der Waals surface area (Å²) < 4.78 is 10.4. The van der Waals surface area contributed by atoms with E-state index in [9.17, 15) is 4.79 Å². The van der Waals surface area contributed by atoms with Crippen LogP contribution in [0.15, 0.2) is 0 Å². The van der Waals surface area contributed by atoms with Gasteiger partial charge < -0.3 is 14.4 Å². The van der Waals surface area contributed by atoms with E-state index < -0.39 is 0 Å². The van der Waals surface area contributed by atoms with Crippen LogP contribution in [0.4, 0.5) is 0 Å². The fourth-order valence-electron chi connectivity index (χ4n) is 2.26. The van der Waals surface area contributed by atoms with E-state index in [2.05, 4.69) is 4.90 Å². The number of carbonyl (C=O) groups is 1. The van der Waals surface area contributed by atoms with Gasteiger partial charge in [-0.05, 0) is 6.26 Å². The van der Waals surface area contributed by atoms with Gasteiger partial charge >= 0.3 is 0 Å². The second-order valence-electron chi connectivity index (χ2n) is 5.13. The van der Waals surface area contributed by atoms with Gasteiger partial charge in [0.2, 0.25) is 5.91 Å². The Labute approximate surface area is 127 Å². The highest BCUT2D eigenvalue weighted by Crippen LogP contribution is 2.11. The number of methoxy groups -OCH3 is 1. The maximum absolute atomic E-state index is 12.2. The lowest BCUT2D eigenvalue weighted by Crippen LogP contribution is -2.50. The Hall–Kier alpha value is -0.300. The minimum Gasteiger partial charge on any atom is -0.382 e. The summed E-state index contributed by atoms with van der Waals surface area (Å²) in [6.07, 6.45) is 2.05. The first kappa shape index (κ1) is 17.8. The van der Waals surface area contributed by atoms with Gasteiger partial charge in [-0.2, -0.15) is 11.8 Å². The van der Waals surface area contributed by atoms with Crippen LogP contribution in [0.25, 0.3) is 0 Å². The molecule has 0 saturated carbocycles. The highest BCUT2D eigenvalue weighted by molar-refractivity contribution is 7.98. The number of piperazine rings is 1. The first-order valence-electron chi connectivity index (χ1n) is 7.25. The van der Waals surface area contributed by atoms with Crippen molar-refractivity contribution in [1.29, 1.82) is 0 Å². The molecule has 20 heavy (non-hydrogen) atoms. The van der Waals surface area contributed by atoms with Crippen LogP contribution in [0.5, 0.6) is 0 Å². The zero-order valence-corrected chi connectivity index (χ0v) is 13.8. The van der Waals surface area contributed by atoms with Crippen molar-refractivity contribution >= 4 is 17.7 Å². The van der Waals surface area contributed by atoms with Crippen LogP contribution in [0.3, 0.4) is 0 Å². The van der Waals surface area contributed by atoms with Crippen molar-refractivity contribution in [2.24, 2.45) is 5.92 Å². The van der Waals surface area contributed by atoms with E-state index in [4.69, 9.17) is 9.47 Å². The van der Waals surface area contributed by atoms with Crippen molar-refractivity contribution in [3.8, 4) is 0 Å². The summed E-state index contributed by atoms with van der Waals surface area (Å²) in [5.41, 5.74) is 0. The van der Waals surface area contributed by atoms with Crippen LogP contribution < -0.4 is 0 Å². The molecule has 1 aliphatic heterocycles. The van der Waals surface area contributed by atoms with Crippen molar-refractivity contribution in [2.45, 2.75) is 6.92 Å². The number of rotatable bonds is 9. The molecule has 1 fully saturated rings. The van der Waals surface area contributed by atoms with E-state index in [0.29, 0.717) is 19.1 Å². The van der Waals surface area contributed by atoms with E-state index in [1.165, 1.54) is 0 Å². The lowest BCUT2D eigenvalue weighted by molar-refractivity contribution is -0.136. The molecule has 1 rings (SSSR count). The molecular weight excluding hydrogens is 276 g/mol. The second-order valence-corrected chi connectivity index (χ2v) is 6.04. The molecule has 0 N–H and O–H groups in total. The van der Waals surface area contributed by atoms with E-state index in [1.54, 1.807) is 18.9 Å². The molecule has 1 aliphatic rings. The predicted octanol–water partition coefficient (Wildman–Crippen LogP) is 0.793. The summed E-state index contributed by atoms with van der Waals surface area (Å²) in [4.78, 5) is 16.5. The van der Waals surface area contributed by atoms with Crippen LogP contribution in [-0.4, -0.2) is 87.4 Å². The summed E-state index contributed by atoms with van der Waals surface area (Å²) in [7, 11) is 1.68. The third kappa shape index (κ3) is 6.43. The fourth-order valence-corrected chi connectivity index (χ4v) is 2.91. The number of nitrogens with zero attached hydrogens (tertiary/aromatic N) is 2. The van der Waals surface area contributed by atoms with Gasteiger partial charge in [-0.25, -0.2) is 0 Å². The number of hydrogen-bond donors (Lipinski definition) is 0. The Kier molecular flexibility index (Phi) is 9.26. The molecule has 0 spiro atoms. The molecule has 6 heteroatoms. The summed E-state index contributed by atoms with van der Waals surface area (Å²) in [5, 5.41) is 0. The Bertz CT molecular complexity index is 271. The molecule has 1 saturated heterocycles. The third-order valence-electron chi connectivity index (χ3n) is 3.51. The molecule has 5 nitrogen and oxygen atoms in total. The summed E-state index contributed by atoms with van der Waals surface area (Å²) in [6.45, 7) is 8.58. The van der Waals surface area contributed by atoms with Crippen molar-refractivity contribution in [2.75, 3.05) is 71.7 Å². The normalized spacial score (nSPS) is 18.2. The molecule has 1 amide bonds. The minimum absolute atomic E-state index is 0.133. The molecule has 0 aromatic rings. The van der Waals surface area contributed by atoms with Crippen molar-refractivity contribution in [3.05, 3.63) is 0 Å². The van der Waals surface area contributed by atoms with Crippen LogP contribution in [-0.2, 0) is 14.3 Å². The average molecular weight is 304 g/mol. The van der Waals surface area contributed by atoms with E-state index in [-0.39, 0.29) is 5.92 Å². The van der Waals surface area contributed by atoms with E-state index in [1.807, 2.05) is 18.1 Å². The highest BCUT2D eigenvalue weighted by Gasteiger charge is 2.24. The van der Waals surface area contributed by atoms with E-state index in [0.717, 1.165) is 45.1 Å². The minimum atomic E-state index is 0.133. The smallest absolute Gasteiger partial charge is 0.226 e. The molecular formula is C14H28N2O3S. The van der Waals surface area contributed by atoms with Crippen LogP contribution in [0.2, 0.25) is 0 Å². The molecule has 1 unspecified atom stereocenters. The second kappa shape index (κ2) is 10.4. The highest BCUT2D eigenvalue weighted by atomic mass is 32.2. The van der Waals surface area contributed by atoms with Gasteiger partial charge in [0.15, 0.2) is 0 Å². The maximum atomic E-state index is 12.2. The quantitative estimate of drug-likeness (QED) is 0.589. The summed E-state index contributed by atoms with van der Waals surface area (Å²) in [5.74, 6) is 1.34. The number of amides is 1. The fraction of sp³-hybridized carbons (Fsp3) is 0.929. The van der Waals surface area contributed by atoms with Crippen molar-refractivity contribution in [3.63, 3.8) is 0 Å². The Morgan fingerprint density at radius 3 is 2.50 bits per heavy atom. The number of hydrogen-bond acceptors (Lipinski definition) is 5. The zero-order valence-electron chi connectivity index (χ0n) is 13.0. The molecule has 0 aromatic heterocycles. The van der Waals surface area contributed by atoms with Gasteiger partial charge in [0.1, 0.15) is 0 Å². The number of thioether (sulfide) groups is 1. The zero-order chi connectivity index (χ0) is 14.8. The van der Waals surface area contributed by atoms with Gasteiger partial charge in [-0.3, -0.25) is 9.69 Å².